The Morgan fingerprint density at radius 2 is 2.19 bits per heavy atom. The maximum Gasteiger partial charge on any atom is 0.210 e. The van der Waals surface area contributed by atoms with Crippen LogP contribution in [0.5, 0.6) is 0 Å². The van der Waals surface area contributed by atoms with E-state index in [0.29, 0.717) is 0 Å². The molecule has 6 nitrogen and oxygen atoms in total. The van der Waals surface area contributed by atoms with E-state index in [1.54, 1.807) is 24.5 Å². The van der Waals surface area contributed by atoms with Crippen molar-refractivity contribution in [1.29, 1.82) is 0 Å². The van der Waals surface area contributed by atoms with Crippen molar-refractivity contribution >= 4 is 19.1 Å². The molecule has 2 heterocycles. The molecule has 1 atom stereocenters. The zero-order valence-corrected chi connectivity index (χ0v) is 9.77. The highest BCUT2D eigenvalue weighted by molar-refractivity contribution is 7.48. The molecule has 1 unspecified atom stereocenters. The topological polar surface area (TPSA) is 90.0 Å². The Bertz CT molecular complexity index is 508. The molecule has 2 aromatic heterocycles. The van der Waals surface area contributed by atoms with Gasteiger partial charge in [0.05, 0.1) is 0 Å². The van der Waals surface area contributed by atoms with Gasteiger partial charge in [0, 0.05) is 17.7 Å². The summed E-state index contributed by atoms with van der Waals surface area (Å²) in [6, 6.07) is 3.44. The molecule has 0 aliphatic heterocycles. The molecule has 0 aromatic carbocycles. The molecule has 0 amide bonds. The lowest BCUT2D eigenvalue weighted by Gasteiger charge is -2.10. The minimum absolute atomic E-state index is 0.427. The average Bonchev–Trinajstić information content (AvgIpc) is 2.69. The van der Waals surface area contributed by atoms with Gasteiger partial charge < -0.3 is 14.4 Å². The molecule has 2 rings (SSSR count). The van der Waals surface area contributed by atoms with Crippen molar-refractivity contribution in [1.82, 2.24) is 9.36 Å². The molecule has 0 aliphatic rings. The second-order valence-electron chi connectivity index (χ2n) is 3.13. The van der Waals surface area contributed by atoms with E-state index in [1.807, 2.05) is 0 Å². The smallest absolute Gasteiger partial charge is 0.210 e. The second-order valence-corrected chi connectivity index (χ2v) is 5.46. The zero-order chi connectivity index (χ0) is 11.6. The first-order valence-corrected chi connectivity index (χ1v) is 6.87. The second kappa shape index (κ2) is 4.39. The van der Waals surface area contributed by atoms with Crippen LogP contribution in [-0.4, -0.2) is 14.3 Å². The number of hydrogen-bond acceptors (Lipinski definition) is 5. The van der Waals surface area contributed by atoms with E-state index < -0.39 is 13.9 Å². The van der Waals surface area contributed by atoms with Gasteiger partial charge in [0.15, 0.2) is 20.0 Å². The van der Waals surface area contributed by atoms with Crippen LogP contribution in [0.25, 0.3) is 10.6 Å². The lowest BCUT2D eigenvalue weighted by atomic mass is 10.3. The summed E-state index contributed by atoms with van der Waals surface area (Å²) < 4.78 is 15.9. The SMILES string of the molecule is O=P([O-])(O)C[n+]1ccc(-c2ncns2)cc1. The molecule has 8 heteroatoms. The van der Waals surface area contributed by atoms with Crippen molar-refractivity contribution in [3.63, 3.8) is 0 Å². The minimum atomic E-state index is -4.28. The Morgan fingerprint density at radius 1 is 1.50 bits per heavy atom. The third kappa shape index (κ3) is 2.93. The average molecular weight is 257 g/mol. The summed E-state index contributed by atoms with van der Waals surface area (Å²) in [6.45, 7) is 0. The Morgan fingerprint density at radius 3 is 2.69 bits per heavy atom. The van der Waals surface area contributed by atoms with Crippen molar-refractivity contribution in [3.05, 3.63) is 30.9 Å². The van der Waals surface area contributed by atoms with Gasteiger partial charge in [-0.15, -0.1) is 0 Å². The fourth-order valence-electron chi connectivity index (χ4n) is 1.20. The Balaban J connectivity index is 2.20. The molecule has 0 aliphatic carbocycles. The van der Waals surface area contributed by atoms with Crippen molar-refractivity contribution in [2.24, 2.45) is 0 Å². The van der Waals surface area contributed by atoms with Gasteiger partial charge in [0.2, 0.25) is 6.29 Å². The zero-order valence-electron chi connectivity index (χ0n) is 8.05. The summed E-state index contributed by atoms with van der Waals surface area (Å²) in [5, 5.41) is 0.765. The molecule has 2 aromatic rings. The van der Waals surface area contributed by atoms with Crippen molar-refractivity contribution in [2.45, 2.75) is 6.29 Å². The number of aromatic nitrogens is 3. The predicted molar refractivity (Wildman–Crippen MR) is 55.4 cm³/mol. The van der Waals surface area contributed by atoms with Crippen molar-refractivity contribution in [2.75, 3.05) is 0 Å². The maximum atomic E-state index is 10.7. The molecule has 0 fully saturated rings. The van der Waals surface area contributed by atoms with E-state index in [2.05, 4.69) is 9.36 Å². The minimum Gasteiger partial charge on any atom is -0.774 e. The molecule has 16 heavy (non-hydrogen) atoms. The van der Waals surface area contributed by atoms with Crippen LogP contribution in [0, 0.1) is 0 Å². The highest BCUT2D eigenvalue weighted by Crippen LogP contribution is 2.28. The van der Waals surface area contributed by atoms with Crippen LogP contribution in [0.2, 0.25) is 0 Å². The van der Waals surface area contributed by atoms with Crippen LogP contribution in [0.4, 0.5) is 0 Å². The van der Waals surface area contributed by atoms with Crippen LogP contribution in [0.3, 0.4) is 0 Å². The van der Waals surface area contributed by atoms with Gasteiger partial charge in [-0.2, -0.15) is 8.94 Å². The molecule has 0 spiro atoms. The molecular formula is C8H8N3O3PS. The third-order valence-corrected chi connectivity index (χ3v) is 3.24. The van der Waals surface area contributed by atoms with Gasteiger partial charge in [-0.3, -0.25) is 0 Å². The molecule has 1 N–H and O–H groups in total. The normalized spacial score (nSPS) is 14.6. The van der Waals surface area contributed by atoms with Gasteiger partial charge in [-0.05, 0) is 11.5 Å². The fourth-order valence-corrected chi connectivity index (χ4v) is 2.33. The van der Waals surface area contributed by atoms with Gasteiger partial charge in [-0.25, -0.2) is 4.98 Å². The van der Waals surface area contributed by atoms with E-state index in [4.69, 9.17) is 4.89 Å². The molecule has 84 valence electrons. The maximum absolute atomic E-state index is 10.7. The van der Waals surface area contributed by atoms with E-state index >= 15 is 0 Å². The van der Waals surface area contributed by atoms with Gasteiger partial charge in [-0.1, -0.05) is 0 Å². The van der Waals surface area contributed by atoms with Gasteiger partial charge in [0.1, 0.15) is 11.3 Å². The quantitative estimate of drug-likeness (QED) is 0.617. The fraction of sp³-hybridized carbons (Fsp3) is 0.125. The molecule has 0 bridgehead atoms. The first-order valence-electron chi connectivity index (χ1n) is 4.33. The van der Waals surface area contributed by atoms with Gasteiger partial charge in [0.25, 0.3) is 0 Å². The standard InChI is InChI=1S/C8H8N3O3PS/c12-15(13,14)6-11-3-1-7(2-4-11)8-9-5-10-16-8/h1-5H,6H2,(H-,12,13,14). The lowest BCUT2D eigenvalue weighted by molar-refractivity contribution is -0.682. The van der Waals surface area contributed by atoms with Crippen LogP contribution in [0.1, 0.15) is 0 Å². The van der Waals surface area contributed by atoms with E-state index in [9.17, 15) is 9.46 Å². The summed E-state index contributed by atoms with van der Waals surface area (Å²) in [5.41, 5.74) is 0.859. The first kappa shape index (κ1) is 11.3. The Labute approximate surface area is 95.6 Å². The summed E-state index contributed by atoms with van der Waals surface area (Å²) in [4.78, 5) is 23.4. The van der Waals surface area contributed by atoms with E-state index in [0.717, 1.165) is 10.6 Å². The summed E-state index contributed by atoms with van der Waals surface area (Å²) >= 11 is 1.26. The largest absolute Gasteiger partial charge is 0.774 e. The first-order chi connectivity index (χ1) is 7.54. The van der Waals surface area contributed by atoms with Crippen LogP contribution in [0.15, 0.2) is 30.9 Å². The highest BCUT2D eigenvalue weighted by Gasteiger charge is 2.11. The highest BCUT2D eigenvalue weighted by atomic mass is 32.1. The van der Waals surface area contributed by atoms with Gasteiger partial charge >= 0.3 is 0 Å². The van der Waals surface area contributed by atoms with Crippen LogP contribution >= 0.6 is 19.1 Å². The number of nitrogens with zero attached hydrogens (tertiary/aromatic N) is 3. The van der Waals surface area contributed by atoms with E-state index in [-0.39, 0.29) is 0 Å². The summed E-state index contributed by atoms with van der Waals surface area (Å²) in [6.07, 6.45) is 4.17. The lowest BCUT2D eigenvalue weighted by Crippen LogP contribution is -2.34. The van der Waals surface area contributed by atoms with Crippen LogP contribution < -0.4 is 9.46 Å². The Hall–Kier alpha value is -1.14. The molecule has 0 radical (unpaired) electrons. The number of pyridine rings is 1. The molecule has 0 saturated carbocycles. The Kier molecular flexibility index (Phi) is 3.11. The molecule has 0 saturated heterocycles. The summed E-state index contributed by atoms with van der Waals surface area (Å²) in [7, 11) is -4.28. The van der Waals surface area contributed by atoms with Crippen LogP contribution in [-0.2, 0) is 10.9 Å². The monoisotopic (exact) mass is 257 g/mol. The predicted octanol–water partition coefficient (Wildman–Crippen LogP) is -0.00420. The van der Waals surface area contributed by atoms with E-state index in [1.165, 1.54) is 22.4 Å². The summed E-state index contributed by atoms with van der Waals surface area (Å²) in [5.74, 6) is 0. The third-order valence-electron chi connectivity index (χ3n) is 1.84. The number of rotatable bonds is 3. The van der Waals surface area contributed by atoms with Crippen molar-refractivity contribution < 1.29 is 18.9 Å². The van der Waals surface area contributed by atoms with Crippen molar-refractivity contribution in [3.8, 4) is 10.6 Å². The molecular weight excluding hydrogens is 249 g/mol. The number of hydrogen-bond donors (Lipinski definition) is 1.